The fourth-order valence-electron chi connectivity index (χ4n) is 2.56. The van der Waals surface area contributed by atoms with Gasteiger partial charge in [-0.25, -0.2) is 4.98 Å². The number of carbonyl (C=O) groups excluding carboxylic acids is 1. The van der Waals surface area contributed by atoms with Gasteiger partial charge >= 0.3 is 0 Å². The van der Waals surface area contributed by atoms with Gasteiger partial charge in [-0.05, 0) is 25.1 Å². The predicted molar refractivity (Wildman–Crippen MR) is 82.6 cm³/mol. The van der Waals surface area contributed by atoms with Crippen LogP contribution in [0.25, 0.3) is 0 Å². The summed E-state index contributed by atoms with van der Waals surface area (Å²) in [6.07, 6.45) is 3.72. The van der Waals surface area contributed by atoms with E-state index in [0.29, 0.717) is 23.7 Å². The van der Waals surface area contributed by atoms with Gasteiger partial charge in [0, 0.05) is 42.7 Å². The van der Waals surface area contributed by atoms with Gasteiger partial charge in [0.2, 0.25) is 0 Å². The number of anilines is 1. The second kappa shape index (κ2) is 5.77. The maximum absolute atomic E-state index is 12.8. The number of nitrogens with one attached hydrogen (secondary N) is 1. The van der Waals surface area contributed by atoms with Crippen molar-refractivity contribution in [2.24, 2.45) is 0 Å². The van der Waals surface area contributed by atoms with Crippen LogP contribution in [0.5, 0.6) is 0 Å². The van der Waals surface area contributed by atoms with E-state index in [1.54, 1.807) is 18.3 Å². The molecule has 1 amide bonds. The van der Waals surface area contributed by atoms with Crippen molar-refractivity contribution in [1.82, 2.24) is 14.5 Å². The van der Waals surface area contributed by atoms with Crippen molar-refractivity contribution in [2.75, 3.05) is 18.4 Å². The van der Waals surface area contributed by atoms with Crippen LogP contribution in [0.1, 0.15) is 23.1 Å². The number of halogens is 1. The van der Waals surface area contributed by atoms with Crippen LogP contribution in [0.4, 0.5) is 5.69 Å². The molecular formula is C15H17ClN4O. The van der Waals surface area contributed by atoms with Gasteiger partial charge in [-0.1, -0.05) is 11.6 Å². The summed E-state index contributed by atoms with van der Waals surface area (Å²) in [5, 5.41) is 3.78. The third kappa shape index (κ3) is 2.74. The zero-order valence-electron chi connectivity index (χ0n) is 11.8. The topological polar surface area (TPSA) is 50.2 Å². The Morgan fingerprint density at radius 2 is 2.29 bits per heavy atom. The fraction of sp³-hybridized carbons (Fsp3) is 0.333. The highest BCUT2D eigenvalue weighted by Crippen LogP contribution is 2.24. The van der Waals surface area contributed by atoms with Crippen LogP contribution in [0.2, 0.25) is 5.02 Å². The molecule has 2 aromatic rings. The summed E-state index contributed by atoms with van der Waals surface area (Å²) in [7, 11) is 0. The minimum Gasteiger partial charge on any atom is -0.385 e. The van der Waals surface area contributed by atoms with Crippen LogP contribution < -0.4 is 5.32 Å². The van der Waals surface area contributed by atoms with E-state index >= 15 is 0 Å². The van der Waals surface area contributed by atoms with Gasteiger partial charge < -0.3 is 14.8 Å². The summed E-state index contributed by atoms with van der Waals surface area (Å²) in [5.74, 6) is 0.907. The van der Waals surface area contributed by atoms with Crippen LogP contribution in [0, 0.1) is 0 Å². The van der Waals surface area contributed by atoms with Gasteiger partial charge in [0.1, 0.15) is 5.82 Å². The summed E-state index contributed by atoms with van der Waals surface area (Å²) < 4.78 is 2.08. The first-order valence-corrected chi connectivity index (χ1v) is 7.39. The zero-order chi connectivity index (χ0) is 14.8. The lowest BCUT2D eigenvalue weighted by Crippen LogP contribution is -2.38. The molecular weight excluding hydrogens is 288 g/mol. The number of benzene rings is 1. The SMILES string of the molecule is CCNc1ccc(Cl)cc1C(=O)N1CCn2ccnc2C1. The first-order valence-electron chi connectivity index (χ1n) is 7.01. The van der Waals surface area contributed by atoms with Crippen molar-refractivity contribution in [1.29, 1.82) is 0 Å². The predicted octanol–water partition coefficient (Wildman–Crippen LogP) is 2.62. The number of nitrogens with zero attached hydrogens (tertiary/aromatic N) is 3. The zero-order valence-corrected chi connectivity index (χ0v) is 12.6. The average molecular weight is 305 g/mol. The molecule has 0 aliphatic carbocycles. The van der Waals surface area contributed by atoms with Crippen LogP contribution >= 0.6 is 11.6 Å². The maximum Gasteiger partial charge on any atom is 0.256 e. The highest BCUT2D eigenvalue weighted by molar-refractivity contribution is 6.31. The maximum atomic E-state index is 12.8. The smallest absolute Gasteiger partial charge is 0.256 e. The number of hydrogen-bond donors (Lipinski definition) is 1. The second-order valence-electron chi connectivity index (χ2n) is 4.98. The monoisotopic (exact) mass is 304 g/mol. The van der Waals surface area contributed by atoms with E-state index in [9.17, 15) is 4.79 Å². The molecule has 0 fully saturated rings. The molecule has 1 aliphatic heterocycles. The fourth-order valence-corrected chi connectivity index (χ4v) is 2.73. The Morgan fingerprint density at radius 1 is 1.43 bits per heavy atom. The molecule has 2 heterocycles. The molecule has 21 heavy (non-hydrogen) atoms. The quantitative estimate of drug-likeness (QED) is 0.948. The second-order valence-corrected chi connectivity index (χ2v) is 5.42. The van der Waals surface area contributed by atoms with Crippen molar-refractivity contribution >= 4 is 23.2 Å². The van der Waals surface area contributed by atoms with E-state index in [1.807, 2.05) is 24.1 Å². The van der Waals surface area contributed by atoms with Crippen molar-refractivity contribution in [3.05, 3.63) is 47.0 Å². The molecule has 0 unspecified atom stereocenters. The lowest BCUT2D eigenvalue weighted by atomic mass is 10.1. The van der Waals surface area contributed by atoms with Crippen molar-refractivity contribution in [3.8, 4) is 0 Å². The average Bonchev–Trinajstić information content (AvgIpc) is 2.96. The van der Waals surface area contributed by atoms with E-state index in [4.69, 9.17) is 11.6 Å². The minimum absolute atomic E-state index is 0.0114. The van der Waals surface area contributed by atoms with E-state index in [-0.39, 0.29) is 5.91 Å². The highest BCUT2D eigenvalue weighted by Gasteiger charge is 2.24. The van der Waals surface area contributed by atoms with Gasteiger partial charge in [-0.2, -0.15) is 0 Å². The van der Waals surface area contributed by atoms with Crippen LogP contribution in [0.15, 0.2) is 30.6 Å². The summed E-state index contributed by atoms with van der Waals surface area (Å²) in [6.45, 7) is 4.75. The highest BCUT2D eigenvalue weighted by atomic mass is 35.5. The van der Waals surface area contributed by atoms with Crippen molar-refractivity contribution in [3.63, 3.8) is 0 Å². The van der Waals surface area contributed by atoms with Gasteiger partial charge in [-0.15, -0.1) is 0 Å². The van der Waals surface area contributed by atoms with Crippen LogP contribution in [0.3, 0.4) is 0 Å². The van der Waals surface area contributed by atoms with Crippen LogP contribution in [-0.4, -0.2) is 33.4 Å². The van der Waals surface area contributed by atoms with E-state index < -0.39 is 0 Å². The number of carbonyl (C=O) groups is 1. The molecule has 0 saturated heterocycles. The Kier molecular flexibility index (Phi) is 3.84. The Balaban J connectivity index is 1.87. The molecule has 3 rings (SSSR count). The van der Waals surface area contributed by atoms with Gasteiger partial charge in [0.15, 0.2) is 0 Å². The normalized spacial score (nSPS) is 13.9. The number of amides is 1. The lowest BCUT2D eigenvalue weighted by Gasteiger charge is -2.28. The van der Waals surface area contributed by atoms with Crippen LogP contribution in [-0.2, 0) is 13.1 Å². The lowest BCUT2D eigenvalue weighted by molar-refractivity contribution is 0.0708. The van der Waals surface area contributed by atoms with Gasteiger partial charge in [0.25, 0.3) is 5.91 Å². The van der Waals surface area contributed by atoms with Gasteiger partial charge in [-0.3, -0.25) is 4.79 Å². The van der Waals surface area contributed by atoms with Crippen molar-refractivity contribution in [2.45, 2.75) is 20.0 Å². The first-order chi connectivity index (χ1) is 10.2. The first kappa shape index (κ1) is 13.9. The number of aromatic nitrogens is 2. The van der Waals surface area contributed by atoms with Crippen molar-refractivity contribution < 1.29 is 4.79 Å². The number of imidazole rings is 1. The molecule has 5 nitrogen and oxygen atoms in total. The summed E-state index contributed by atoms with van der Waals surface area (Å²) in [6, 6.07) is 5.37. The minimum atomic E-state index is -0.0114. The molecule has 0 atom stereocenters. The Bertz CT molecular complexity index is 667. The molecule has 1 aromatic carbocycles. The molecule has 6 heteroatoms. The number of fused-ring (bicyclic) bond motifs is 1. The summed E-state index contributed by atoms with van der Waals surface area (Å²) >= 11 is 6.05. The third-order valence-corrected chi connectivity index (χ3v) is 3.85. The third-order valence-electron chi connectivity index (χ3n) is 3.61. The Hall–Kier alpha value is -2.01. The molecule has 1 N–H and O–H groups in total. The number of hydrogen-bond acceptors (Lipinski definition) is 3. The van der Waals surface area contributed by atoms with Gasteiger partial charge in [0.05, 0.1) is 12.1 Å². The van der Waals surface area contributed by atoms with E-state index in [1.165, 1.54) is 0 Å². The molecule has 0 saturated carbocycles. The number of rotatable bonds is 3. The summed E-state index contributed by atoms with van der Waals surface area (Å²) in [4.78, 5) is 18.9. The molecule has 1 aromatic heterocycles. The Labute approximate surface area is 128 Å². The molecule has 0 bridgehead atoms. The molecule has 1 aliphatic rings. The van der Waals surface area contributed by atoms with E-state index in [0.717, 1.165) is 24.6 Å². The standard InChI is InChI=1S/C15H17ClN4O/c1-2-17-13-4-3-11(16)9-12(13)15(21)20-8-7-19-6-5-18-14(19)10-20/h3-6,9,17H,2,7-8,10H2,1H3. The molecule has 110 valence electrons. The largest absolute Gasteiger partial charge is 0.385 e. The molecule has 0 spiro atoms. The Morgan fingerprint density at radius 3 is 3.10 bits per heavy atom. The van der Waals surface area contributed by atoms with E-state index in [2.05, 4.69) is 14.9 Å². The molecule has 0 radical (unpaired) electrons. The summed E-state index contributed by atoms with van der Waals surface area (Å²) in [5.41, 5.74) is 1.44.